The van der Waals surface area contributed by atoms with Gasteiger partial charge in [-0.25, -0.2) is 4.98 Å². The predicted molar refractivity (Wildman–Crippen MR) is 56.4 cm³/mol. The second kappa shape index (κ2) is 2.79. The monoisotopic (exact) mass is 200 g/mol. The van der Waals surface area contributed by atoms with Gasteiger partial charge in [0, 0.05) is 0 Å². The quantitative estimate of drug-likeness (QED) is 0.655. The first-order valence-electron chi connectivity index (χ1n) is 4.69. The number of aryl methyl sites for hydroxylation is 2. The van der Waals surface area contributed by atoms with Crippen LogP contribution in [0.3, 0.4) is 0 Å². The molecule has 0 amide bonds. The number of nitrogens with zero attached hydrogens (tertiary/aromatic N) is 2. The van der Waals surface area contributed by atoms with Crippen molar-refractivity contribution in [2.75, 3.05) is 0 Å². The van der Waals surface area contributed by atoms with Gasteiger partial charge < -0.3 is 0 Å². The van der Waals surface area contributed by atoms with E-state index < -0.39 is 0 Å². The summed E-state index contributed by atoms with van der Waals surface area (Å²) in [6, 6.07) is 6.45. The van der Waals surface area contributed by atoms with Crippen molar-refractivity contribution in [3.05, 3.63) is 28.3 Å². The van der Waals surface area contributed by atoms with E-state index in [1.807, 2.05) is 0 Å². The van der Waals surface area contributed by atoms with Crippen LogP contribution in [0.5, 0.6) is 0 Å². The minimum Gasteiger partial charge on any atom is -0.226 e. The van der Waals surface area contributed by atoms with Crippen LogP contribution in [-0.4, -0.2) is 4.98 Å². The van der Waals surface area contributed by atoms with Crippen LogP contribution >= 0.6 is 11.3 Å². The summed E-state index contributed by atoms with van der Waals surface area (Å²) >= 11 is 1.49. The Bertz CT molecular complexity index is 507. The van der Waals surface area contributed by atoms with Gasteiger partial charge in [0.1, 0.15) is 6.07 Å². The third-order valence-electron chi connectivity index (χ3n) is 2.70. The fourth-order valence-electron chi connectivity index (χ4n) is 2.04. The van der Waals surface area contributed by atoms with E-state index in [-0.39, 0.29) is 0 Å². The van der Waals surface area contributed by atoms with Crippen LogP contribution in [0, 0.1) is 11.3 Å². The molecule has 1 aliphatic rings. The van der Waals surface area contributed by atoms with Crippen LogP contribution in [-0.2, 0) is 12.8 Å². The zero-order valence-electron chi connectivity index (χ0n) is 7.58. The maximum absolute atomic E-state index is 8.75. The van der Waals surface area contributed by atoms with Gasteiger partial charge in [-0.2, -0.15) is 5.26 Å². The molecule has 0 bridgehead atoms. The molecule has 2 aromatic rings. The molecule has 0 aliphatic heterocycles. The van der Waals surface area contributed by atoms with Gasteiger partial charge in [-0.1, -0.05) is 0 Å². The van der Waals surface area contributed by atoms with E-state index in [0.717, 1.165) is 10.2 Å². The fraction of sp³-hybridized carbons (Fsp3) is 0.273. The molecule has 0 saturated heterocycles. The van der Waals surface area contributed by atoms with Crippen molar-refractivity contribution < 1.29 is 0 Å². The molecule has 0 unspecified atom stereocenters. The van der Waals surface area contributed by atoms with Crippen molar-refractivity contribution in [2.24, 2.45) is 0 Å². The molecule has 3 heteroatoms. The number of hydrogen-bond donors (Lipinski definition) is 0. The van der Waals surface area contributed by atoms with Gasteiger partial charge in [0.25, 0.3) is 0 Å². The fourth-order valence-corrected chi connectivity index (χ4v) is 2.85. The summed E-state index contributed by atoms with van der Waals surface area (Å²) in [6.45, 7) is 0. The van der Waals surface area contributed by atoms with E-state index in [9.17, 15) is 0 Å². The van der Waals surface area contributed by atoms with Crippen molar-refractivity contribution in [1.82, 2.24) is 4.98 Å². The molecular weight excluding hydrogens is 192 g/mol. The van der Waals surface area contributed by atoms with Crippen LogP contribution in [0.4, 0.5) is 0 Å². The average molecular weight is 200 g/mol. The molecular formula is C11H8N2S. The molecule has 0 radical (unpaired) electrons. The summed E-state index contributed by atoms with van der Waals surface area (Å²) in [7, 11) is 0. The minimum atomic E-state index is 0.573. The number of nitriles is 1. The molecule has 68 valence electrons. The lowest BCUT2D eigenvalue weighted by atomic mass is 10.1. The summed E-state index contributed by atoms with van der Waals surface area (Å²) in [5.74, 6) is 0. The van der Waals surface area contributed by atoms with E-state index >= 15 is 0 Å². The standard InChI is InChI=1S/C11H8N2S/c12-6-11-13-9-4-7-2-1-3-8(7)5-10(9)14-11/h4-5H,1-3H2. The molecule has 0 saturated carbocycles. The summed E-state index contributed by atoms with van der Waals surface area (Å²) < 4.78 is 1.15. The average Bonchev–Trinajstić information content (AvgIpc) is 2.77. The van der Waals surface area contributed by atoms with E-state index in [1.54, 1.807) is 0 Å². The van der Waals surface area contributed by atoms with Gasteiger partial charge in [-0.05, 0) is 42.5 Å². The Kier molecular flexibility index (Phi) is 1.59. The Morgan fingerprint density at radius 1 is 1.29 bits per heavy atom. The van der Waals surface area contributed by atoms with E-state index in [4.69, 9.17) is 5.26 Å². The highest BCUT2D eigenvalue weighted by atomic mass is 32.1. The minimum absolute atomic E-state index is 0.573. The molecule has 2 nitrogen and oxygen atoms in total. The number of aromatic nitrogens is 1. The van der Waals surface area contributed by atoms with E-state index in [2.05, 4.69) is 23.2 Å². The maximum atomic E-state index is 8.75. The number of fused-ring (bicyclic) bond motifs is 2. The number of benzene rings is 1. The first-order valence-corrected chi connectivity index (χ1v) is 5.51. The first kappa shape index (κ1) is 7.95. The summed E-state index contributed by atoms with van der Waals surface area (Å²) in [4.78, 5) is 4.27. The van der Waals surface area contributed by atoms with Gasteiger partial charge in [-0.15, -0.1) is 11.3 Å². The number of hydrogen-bond acceptors (Lipinski definition) is 3. The molecule has 1 aliphatic carbocycles. The normalized spacial score (nSPS) is 14.2. The van der Waals surface area contributed by atoms with Crippen LogP contribution in [0.1, 0.15) is 22.6 Å². The molecule has 0 atom stereocenters. The highest BCUT2D eigenvalue weighted by Gasteiger charge is 2.13. The Morgan fingerprint density at radius 3 is 2.86 bits per heavy atom. The van der Waals surface area contributed by atoms with Crippen molar-refractivity contribution in [3.8, 4) is 6.07 Å². The lowest BCUT2D eigenvalue weighted by molar-refractivity contribution is 0.912. The second-order valence-electron chi connectivity index (χ2n) is 3.57. The zero-order chi connectivity index (χ0) is 9.54. The third kappa shape index (κ3) is 1.04. The smallest absolute Gasteiger partial charge is 0.195 e. The largest absolute Gasteiger partial charge is 0.226 e. The Hall–Kier alpha value is -1.40. The zero-order valence-corrected chi connectivity index (χ0v) is 8.40. The summed E-state index contributed by atoms with van der Waals surface area (Å²) in [6.07, 6.45) is 3.62. The molecule has 0 N–H and O–H groups in total. The maximum Gasteiger partial charge on any atom is 0.195 e. The Labute approximate surface area is 85.8 Å². The molecule has 14 heavy (non-hydrogen) atoms. The van der Waals surface area contributed by atoms with E-state index in [0.29, 0.717) is 5.01 Å². The first-order chi connectivity index (χ1) is 6.86. The SMILES string of the molecule is N#Cc1nc2cc3c(cc2s1)CCC3. The Morgan fingerprint density at radius 2 is 2.07 bits per heavy atom. The van der Waals surface area contributed by atoms with Crippen molar-refractivity contribution in [3.63, 3.8) is 0 Å². The lowest BCUT2D eigenvalue weighted by Gasteiger charge is -1.96. The topological polar surface area (TPSA) is 36.7 Å². The highest BCUT2D eigenvalue weighted by molar-refractivity contribution is 7.19. The molecule has 3 rings (SSSR count). The molecule has 1 aromatic heterocycles. The summed E-state index contributed by atoms with van der Waals surface area (Å²) in [5, 5.41) is 9.32. The highest BCUT2D eigenvalue weighted by Crippen LogP contribution is 2.30. The second-order valence-corrected chi connectivity index (χ2v) is 4.60. The number of thiazole rings is 1. The van der Waals surface area contributed by atoms with Crippen LogP contribution in [0.25, 0.3) is 10.2 Å². The van der Waals surface area contributed by atoms with E-state index in [1.165, 1.54) is 41.7 Å². The van der Waals surface area contributed by atoms with Crippen molar-refractivity contribution >= 4 is 21.6 Å². The van der Waals surface area contributed by atoms with Gasteiger partial charge in [0.15, 0.2) is 5.01 Å². The summed E-state index contributed by atoms with van der Waals surface area (Å²) in [5.41, 5.74) is 3.87. The van der Waals surface area contributed by atoms with Gasteiger partial charge in [0.05, 0.1) is 10.2 Å². The van der Waals surface area contributed by atoms with Gasteiger partial charge in [0.2, 0.25) is 0 Å². The van der Waals surface area contributed by atoms with Gasteiger partial charge >= 0.3 is 0 Å². The van der Waals surface area contributed by atoms with Crippen LogP contribution in [0.2, 0.25) is 0 Å². The number of rotatable bonds is 0. The van der Waals surface area contributed by atoms with Crippen molar-refractivity contribution in [2.45, 2.75) is 19.3 Å². The molecule has 0 spiro atoms. The molecule has 1 heterocycles. The lowest BCUT2D eigenvalue weighted by Crippen LogP contribution is -1.80. The van der Waals surface area contributed by atoms with Crippen LogP contribution < -0.4 is 0 Å². The third-order valence-corrected chi connectivity index (χ3v) is 3.62. The Balaban J connectivity index is 2.31. The van der Waals surface area contributed by atoms with Gasteiger partial charge in [-0.3, -0.25) is 0 Å². The van der Waals surface area contributed by atoms with Crippen molar-refractivity contribution in [1.29, 1.82) is 5.26 Å². The molecule has 0 fully saturated rings. The predicted octanol–water partition coefficient (Wildman–Crippen LogP) is 2.66. The van der Waals surface area contributed by atoms with Crippen LogP contribution in [0.15, 0.2) is 12.1 Å². The molecule has 1 aromatic carbocycles.